The van der Waals surface area contributed by atoms with Gasteiger partial charge in [0.05, 0.1) is 0 Å². The second-order valence-electron chi connectivity index (χ2n) is 5.05. The molecule has 0 unspecified atom stereocenters. The standard InChI is InChI=1S/C13H17N5/c1-9-5-6-11(7-12(9)14)13-15-16-17-18(13)8-10-3-2-4-10/h5-7,10H,2-4,8,14H2,1H3. The molecule has 2 N–H and O–H groups in total. The summed E-state index contributed by atoms with van der Waals surface area (Å²) in [7, 11) is 0. The van der Waals surface area contributed by atoms with Gasteiger partial charge in [-0.2, -0.15) is 0 Å². The van der Waals surface area contributed by atoms with Crippen LogP contribution in [0, 0.1) is 12.8 Å². The first-order valence-electron chi connectivity index (χ1n) is 6.36. The van der Waals surface area contributed by atoms with Gasteiger partial charge in [-0.05, 0) is 47.7 Å². The van der Waals surface area contributed by atoms with Gasteiger partial charge in [-0.15, -0.1) is 5.10 Å². The Morgan fingerprint density at radius 3 is 2.89 bits per heavy atom. The molecule has 2 aromatic rings. The van der Waals surface area contributed by atoms with Crippen LogP contribution in [0.2, 0.25) is 0 Å². The molecule has 18 heavy (non-hydrogen) atoms. The third kappa shape index (κ3) is 1.96. The fraction of sp³-hybridized carbons (Fsp3) is 0.462. The monoisotopic (exact) mass is 243 g/mol. The van der Waals surface area contributed by atoms with Crippen LogP contribution in [-0.4, -0.2) is 20.2 Å². The van der Waals surface area contributed by atoms with Crippen LogP contribution in [0.25, 0.3) is 11.4 Å². The highest BCUT2D eigenvalue weighted by Crippen LogP contribution is 2.29. The van der Waals surface area contributed by atoms with Crippen LogP contribution in [0.4, 0.5) is 5.69 Å². The average molecular weight is 243 g/mol. The van der Waals surface area contributed by atoms with E-state index in [1.54, 1.807) is 0 Å². The minimum absolute atomic E-state index is 0.732. The number of aromatic nitrogens is 4. The van der Waals surface area contributed by atoms with Crippen molar-refractivity contribution in [1.82, 2.24) is 20.2 Å². The molecule has 94 valence electrons. The number of rotatable bonds is 3. The Morgan fingerprint density at radius 1 is 1.39 bits per heavy atom. The minimum Gasteiger partial charge on any atom is -0.398 e. The van der Waals surface area contributed by atoms with Crippen LogP contribution in [-0.2, 0) is 6.54 Å². The van der Waals surface area contributed by atoms with Gasteiger partial charge in [0.2, 0.25) is 0 Å². The van der Waals surface area contributed by atoms with Crippen molar-refractivity contribution < 1.29 is 0 Å². The number of tetrazole rings is 1. The SMILES string of the molecule is Cc1ccc(-c2nnnn2CC2CCC2)cc1N. The van der Waals surface area contributed by atoms with E-state index < -0.39 is 0 Å². The van der Waals surface area contributed by atoms with Crippen molar-refractivity contribution in [2.24, 2.45) is 5.92 Å². The summed E-state index contributed by atoms with van der Waals surface area (Å²) in [5, 5.41) is 12.0. The number of anilines is 1. The van der Waals surface area contributed by atoms with Crippen molar-refractivity contribution in [2.45, 2.75) is 32.7 Å². The van der Waals surface area contributed by atoms with Gasteiger partial charge >= 0.3 is 0 Å². The Labute approximate surface area is 106 Å². The molecule has 5 nitrogen and oxygen atoms in total. The Hall–Kier alpha value is -1.91. The largest absolute Gasteiger partial charge is 0.398 e. The van der Waals surface area contributed by atoms with Crippen LogP contribution in [0.1, 0.15) is 24.8 Å². The fourth-order valence-corrected chi connectivity index (χ4v) is 2.23. The highest BCUT2D eigenvalue weighted by molar-refractivity contribution is 5.63. The predicted molar refractivity (Wildman–Crippen MR) is 69.7 cm³/mol. The number of nitrogens with two attached hydrogens (primary N) is 1. The molecule has 1 aromatic carbocycles. The van der Waals surface area contributed by atoms with Crippen molar-refractivity contribution in [1.29, 1.82) is 0 Å². The van der Waals surface area contributed by atoms with Gasteiger partial charge in [0.15, 0.2) is 5.82 Å². The van der Waals surface area contributed by atoms with Crippen molar-refractivity contribution in [3.63, 3.8) is 0 Å². The summed E-state index contributed by atoms with van der Waals surface area (Å²) in [5.74, 6) is 1.55. The Morgan fingerprint density at radius 2 is 2.22 bits per heavy atom. The van der Waals surface area contributed by atoms with Crippen molar-refractivity contribution in [2.75, 3.05) is 5.73 Å². The number of nitrogen functional groups attached to an aromatic ring is 1. The molecule has 1 heterocycles. The molecule has 1 fully saturated rings. The van der Waals surface area contributed by atoms with Crippen LogP contribution in [0.5, 0.6) is 0 Å². The average Bonchev–Trinajstić information content (AvgIpc) is 2.75. The lowest BCUT2D eigenvalue weighted by Gasteiger charge is -2.25. The quantitative estimate of drug-likeness (QED) is 0.837. The van der Waals surface area contributed by atoms with Crippen molar-refractivity contribution in [3.8, 4) is 11.4 Å². The zero-order valence-electron chi connectivity index (χ0n) is 10.5. The van der Waals surface area contributed by atoms with E-state index in [4.69, 9.17) is 5.73 Å². The topological polar surface area (TPSA) is 69.6 Å². The highest BCUT2D eigenvalue weighted by Gasteiger charge is 2.20. The van der Waals surface area contributed by atoms with Gasteiger partial charge in [0.25, 0.3) is 0 Å². The number of benzene rings is 1. The molecular weight excluding hydrogens is 226 g/mol. The number of hydrogen-bond donors (Lipinski definition) is 1. The maximum Gasteiger partial charge on any atom is 0.182 e. The first-order chi connectivity index (χ1) is 8.74. The van der Waals surface area contributed by atoms with Crippen LogP contribution < -0.4 is 5.73 Å². The third-order valence-electron chi connectivity index (χ3n) is 3.73. The van der Waals surface area contributed by atoms with Crippen molar-refractivity contribution >= 4 is 5.69 Å². The molecule has 1 saturated carbocycles. The molecule has 1 aliphatic carbocycles. The maximum atomic E-state index is 5.94. The van der Waals surface area contributed by atoms with Gasteiger partial charge in [0.1, 0.15) is 0 Å². The Balaban J connectivity index is 1.90. The molecule has 0 saturated heterocycles. The molecule has 0 aliphatic heterocycles. The van der Waals surface area contributed by atoms with E-state index in [-0.39, 0.29) is 0 Å². The van der Waals surface area contributed by atoms with Crippen LogP contribution in [0.3, 0.4) is 0 Å². The second-order valence-corrected chi connectivity index (χ2v) is 5.05. The first-order valence-corrected chi connectivity index (χ1v) is 6.36. The van der Waals surface area contributed by atoms with E-state index >= 15 is 0 Å². The summed E-state index contributed by atoms with van der Waals surface area (Å²) >= 11 is 0. The molecule has 0 bridgehead atoms. The lowest BCUT2D eigenvalue weighted by atomic mass is 9.85. The van der Waals surface area contributed by atoms with E-state index in [0.29, 0.717) is 0 Å². The molecule has 1 aliphatic rings. The van der Waals surface area contributed by atoms with Crippen molar-refractivity contribution in [3.05, 3.63) is 23.8 Å². The first kappa shape index (κ1) is 11.2. The summed E-state index contributed by atoms with van der Waals surface area (Å²) in [6.45, 7) is 2.91. The molecule has 3 rings (SSSR count). The van der Waals surface area contributed by atoms with E-state index in [2.05, 4.69) is 15.5 Å². The van der Waals surface area contributed by atoms with Gasteiger partial charge in [-0.3, -0.25) is 0 Å². The molecule has 0 radical (unpaired) electrons. The van der Waals surface area contributed by atoms with Crippen LogP contribution >= 0.6 is 0 Å². The minimum atomic E-state index is 0.732. The molecule has 5 heteroatoms. The van der Waals surface area contributed by atoms with Gasteiger partial charge in [-0.1, -0.05) is 18.6 Å². The summed E-state index contributed by atoms with van der Waals surface area (Å²) in [4.78, 5) is 0. The third-order valence-corrected chi connectivity index (χ3v) is 3.73. The molecule has 0 atom stereocenters. The Bertz CT molecular complexity index is 556. The van der Waals surface area contributed by atoms with Gasteiger partial charge < -0.3 is 5.73 Å². The fourth-order valence-electron chi connectivity index (χ4n) is 2.23. The maximum absolute atomic E-state index is 5.94. The van der Waals surface area contributed by atoms with Gasteiger partial charge in [-0.25, -0.2) is 4.68 Å². The van der Waals surface area contributed by atoms with E-state index in [9.17, 15) is 0 Å². The van der Waals surface area contributed by atoms with Crippen LogP contribution in [0.15, 0.2) is 18.2 Å². The summed E-state index contributed by atoms with van der Waals surface area (Å²) in [5.41, 5.74) is 8.79. The lowest BCUT2D eigenvalue weighted by molar-refractivity contribution is 0.265. The Kier molecular flexibility index (Phi) is 2.74. The molecule has 0 spiro atoms. The van der Waals surface area contributed by atoms with E-state index in [1.165, 1.54) is 19.3 Å². The summed E-state index contributed by atoms with van der Waals surface area (Å²) in [6, 6.07) is 5.97. The zero-order chi connectivity index (χ0) is 12.5. The number of aryl methyl sites for hydroxylation is 1. The highest BCUT2D eigenvalue weighted by atomic mass is 15.5. The predicted octanol–water partition coefficient (Wildman–Crippen LogP) is 2.03. The zero-order valence-corrected chi connectivity index (χ0v) is 10.5. The number of nitrogens with zero attached hydrogens (tertiary/aromatic N) is 4. The summed E-state index contributed by atoms with van der Waals surface area (Å²) in [6.07, 6.45) is 3.91. The smallest absolute Gasteiger partial charge is 0.182 e. The lowest BCUT2D eigenvalue weighted by Crippen LogP contribution is -2.19. The normalized spacial score (nSPS) is 15.6. The second kappa shape index (κ2) is 4.40. The molecule has 1 aromatic heterocycles. The van der Waals surface area contributed by atoms with E-state index in [0.717, 1.165) is 35.1 Å². The summed E-state index contributed by atoms with van der Waals surface area (Å²) < 4.78 is 1.90. The number of hydrogen-bond acceptors (Lipinski definition) is 4. The van der Waals surface area contributed by atoms with E-state index in [1.807, 2.05) is 29.8 Å². The molecule has 0 amide bonds. The molecular formula is C13H17N5. The van der Waals surface area contributed by atoms with Gasteiger partial charge in [0, 0.05) is 17.8 Å².